The zero-order valence-electron chi connectivity index (χ0n) is 15.4. The van der Waals surface area contributed by atoms with E-state index in [2.05, 4.69) is 46.1 Å². The van der Waals surface area contributed by atoms with Gasteiger partial charge >= 0.3 is 0 Å². The van der Waals surface area contributed by atoms with Gasteiger partial charge in [-0.2, -0.15) is 0 Å². The van der Waals surface area contributed by atoms with Crippen molar-refractivity contribution in [3.63, 3.8) is 0 Å². The molecule has 4 rings (SSSR count). The SMILES string of the molecule is C=C1C(C)(C)C2CCC1(C)C(O)(C(=C)C)C2OCc1ccccc1. The number of hydrogen-bond donors (Lipinski definition) is 1. The fourth-order valence-corrected chi connectivity index (χ4v) is 5.16. The van der Waals surface area contributed by atoms with Gasteiger partial charge < -0.3 is 9.84 Å². The predicted octanol–water partition coefficient (Wildman–Crippen LogP) is 4.89. The van der Waals surface area contributed by atoms with Gasteiger partial charge in [0, 0.05) is 5.41 Å². The third-order valence-electron chi connectivity index (χ3n) is 6.87. The molecule has 3 aliphatic carbocycles. The third kappa shape index (κ3) is 2.16. The lowest BCUT2D eigenvalue weighted by atomic mass is 9.41. The minimum Gasteiger partial charge on any atom is -0.382 e. The first-order chi connectivity index (χ1) is 11.2. The summed E-state index contributed by atoms with van der Waals surface area (Å²) in [5.74, 6) is 0.247. The first-order valence-electron chi connectivity index (χ1n) is 8.89. The monoisotopic (exact) mass is 326 g/mol. The van der Waals surface area contributed by atoms with Crippen molar-refractivity contribution in [1.82, 2.24) is 0 Å². The summed E-state index contributed by atoms with van der Waals surface area (Å²) in [5, 5.41) is 11.8. The normalized spacial score (nSPS) is 37.5. The Bertz CT molecular complexity index is 660. The molecule has 3 saturated carbocycles. The molecule has 1 N–H and O–H groups in total. The van der Waals surface area contributed by atoms with Gasteiger partial charge in [-0.3, -0.25) is 0 Å². The topological polar surface area (TPSA) is 29.5 Å². The van der Waals surface area contributed by atoms with Gasteiger partial charge in [0.05, 0.1) is 12.7 Å². The Morgan fingerprint density at radius 3 is 2.46 bits per heavy atom. The summed E-state index contributed by atoms with van der Waals surface area (Å²) in [7, 11) is 0. The van der Waals surface area contributed by atoms with Crippen LogP contribution in [0.4, 0.5) is 0 Å². The summed E-state index contributed by atoms with van der Waals surface area (Å²) in [6, 6.07) is 10.2. The lowest BCUT2D eigenvalue weighted by Gasteiger charge is -2.67. The second-order valence-electron chi connectivity index (χ2n) is 8.44. The Morgan fingerprint density at radius 2 is 1.88 bits per heavy atom. The second kappa shape index (κ2) is 5.57. The maximum atomic E-state index is 11.8. The zero-order chi connectivity index (χ0) is 17.8. The van der Waals surface area contributed by atoms with E-state index in [1.54, 1.807) is 0 Å². The maximum Gasteiger partial charge on any atom is 0.120 e. The summed E-state index contributed by atoms with van der Waals surface area (Å²) in [6.07, 6.45) is 1.74. The van der Waals surface area contributed by atoms with E-state index in [4.69, 9.17) is 4.74 Å². The van der Waals surface area contributed by atoms with Crippen molar-refractivity contribution >= 4 is 0 Å². The van der Waals surface area contributed by atoms with Crippen LogP contribution in [0, 0.1) is 16.7 Å². The molecule has 1 aromatic rings. The van der Waals surface area contributed by atoms with E-state index >= 15 is 0 Å². The van der Waals surface area contributed by atoms with Crippen molar-refractivity contribution < 1.29 is 9.84 Å². The molecule has 4 atom stereocenters. The van der Waals surface area contributed by atoms with Crippen LogP contribution in [-0.2, 0) is 11.3 Å². The van der Waals surface area contributed by atoms with E-state index in [-0.39, 0.29) is 17.4 Å². The number of ether oxygens (including phenoxy) is 1. The highest BCUT2D eigenvalue weighted by atomic mass is 16.5. The minimum atomic E-state index is -1.06. The van der Waals surface area contributed by atoms with Crippen LogP contribution in [0.15, 0.2) is 54.6 Å². The average molecular weight is 326 g/mol. The first-order valence-corrected chi connectivity index (χ1v) is 8.89. The van der Waals surface area contributed by atoms with E-state index in [1.165, 1.54) is 0 Å². The molecule has 1 aromatic carbocycles. The van der Waals surface area contributed by atoms with Crippen molar-refractivity contribution in [3.8, 4) is 0 Å². The Kier molecular flexibility index (Phi) is 4.05. The average Bonchev–Trinajstić information content (AvgIpc) is 2.54. The Morgan fingerprint density at radius 1 is 1.25 bits per heavy atom. The minimum absolute atomic E-state index is 0.0456. The van der Waals surface area contributed by atoms with Crippen LogP contribution in [0.5, 0.6) is 0 Å². The summed E-state index contributed by atoms with van der Waals surface area (Å²) >= 11 is 0. The molecule has 130 valence electrons. The smallest absolute Gasteiger partial charge is 0.120 e. The molecule has 0 spiro atoms. The van der Waals surface area contributed by atoms with Gasteiger partial charge in [-0.1, -0.05) is 69.8 Å². The van der Waals surface area contributed by atoms with Crippen molar-refractivity contribution in [2.75, 3.05) is 0 Å². The Balaban J connectivity index is 1.99. The van der Waals surface area contributed by atoms with Crippen LogP contribution in [0.1, 0.15) is 46.1 Å². The van der Waals surface area contributed by atoms with Crippen LogP contribution in [0.25, 0.3) is 0 Å². The molecular formula is C22H30O2. The summed E-state index contributed by atoms with van der Waals surface area (Å²) in [4.78, 5) is 0. The van der Waals surface area contributed by atoms with Gasteiger partial charge in [0.2, 0.25) is 0 Å². The van der Waals surface area contributed by atoms with Crippen LogP contribution in [0.2, 0.25) is 0 Å². The number of hydrogen-bond acceptors (Lipinski definition) is 2. The molecule has 0 radical (unpaired) electrons. The fourth-order valence-electron chi connectivity index (χ4n) is 5.16. The molecule has 0 amide bonds. The van der Waals surface area contributed by atoms with Crippen LogP contribution in [-0.4, -0.2) is 16.8 Å². The van der Waals surface area contributed by atoms with Crippen molar-refractivity contribution in [2.45, 2.75) is 58.8 Å². The molecule has 4 unspecified atom stereocenters. The number of rotatable bonds is 4. The van der Waals surface area contributed by atoms with Crippen molar-refractivity contribution in [2.24, 2.45) is 16.7 Å². The molecule has 2 nitrogen and oxygen atoms in total. The highest BCUT2D eigenvalue weighted by molar-refractivity contribution is 5.40. The number of benzene rings is 1. The molecule has 3 aliphatic rings. The summed E-state index contributed by atoms with van der Waals surface area (Å²) in [5.41, 5.74) is 1.55. The molecule has 0 aromatic heterocycles. The maximum absolute atomic E-state index is 11.8. The van der Waals surface area contributed by atoms with E-state index < -0.39 is 11.0 Å². The summed E-state index contributed by atoms with van der Waals surface area (Å²) in [6.45, 7) is 17.6. The lowest BCUT2D eigenvalue weighted by Crippen LogP contribution is -2.70. The number of fused-ring (bicyclic) bond motifs is 3. The molecule has 0 saturated heterocycles. The zero-order valence-corrected chi connectivity index (χ0v) is 15.4. The highest BCUT2D eigenvalue weighted by Crippen LogP contribution is 2.67. The standard InChI is InChI=1S/C22H30O2/c1-15(2)22(23)19(24-14-17-10-8-7-9-11-17)18-12-13-21(22,6)16(3)20(18,4)5/h7-11,18-19,23H,1,3,12-14H2,2,4-6H3. The van der Waals surface area contributed by atoms with Crippen LogP contribution in [0.3, 0.4) is 0 Å². The van der Waals surface area contributed by atoms with Gasteiger partial charge in [0.15, 0.2) is 0 Å². The second-order valence-corrected chi connectivity index (χ2v) is 8.44. The Hall–Kier alpha value is -1.38. The summed E-state index contributed by atoms with van der Waals surface area (Å²) < 4.78 is 6.38. The van der Waals surface area contributed by atoms with E-state index in [9.17, 15) is 5.11 Å². The molecule has 2 heteroatoms. The molecule has 0 heterocycles. The molecular weight excluding hydrogens is 296 g/mol. The first kappa shape index (κ1) is 17.4. The van der Waals surface area contributed by atoms with Gasteiger partial charge in [0.1, 0.15) is 5.60 Å². The van der Waals surface area contributed by atoms with E-state index in [1.807, 2.05) is 25.1 Å². The van der Waals surface area contributed by atoms with Crippen molar-refractivity contribution in [3.05, 3.63) is 60.2 Å². The predicted molar refractivity (Wildman–Crippen MR) is 98.5 cm³/mol. The van der Waals surface area contributed by atoms with Gasteiger partial charge in [-0.25, -0.2) is 0 Å². The molecule has 0 aliphatic heterocycles. The van der Waals surface area contributed by atoms with Gasteiger partial charge in [0.25, 0.3) is 0 Å². The molecule has 3 fully saturated rings. The lowest BCUT2D eigenvalue weighted by molar-refractivity contribution is -0.232. The van der Waals surface area contributed by atoms with Gasteiger partial charge in [-0.15, -0.1) is 0 Å². The van der Waals surface area contributed by atoms with Gasteiger partial charge in [-0.05, 0) is 42.2 Å². The molecule has 24 heavy (non-hydrogen) atoms. The molecule has 2 bridgehead atoms. The highest BCUT2D eigenvalue weighted by Gasteiger charge is 2.68. The third-order valence-corrected chi connectivity index (χ3v) is 6.87. The quantitative estimate of drug-likeness (QED) is 0.798. The van der Waals surface area contributed by atoms with Crippen LogP contribution >= 0.6 is 0 Å². The van der Waals surface area contributed by atoms with Crippen LogP contribution < -0.4 is 0 Å². The fraction of sp³-hybridized carbons (Fsp3) is 0.545. The number of aliphatic hydroxyl groups is 1. The van der Waals surface area contributed by atoms with Crippen molar-refractivity contribution in [1.29, 1.82) is 0 Å². The van der Waals surface area contributed by atoms with E-state index in [0.717, 1.165) is 29.6 Å². The largest absolute Gasteiger partial charge is 0.382 e. The Labute approximate surface area is 146 Å². The van der Waals surface area contributed by atoms with E-state index in [0.29, 0.717) is 6.61 Å².